The average molecular weight is 247 g/mol. The lowest BCUT2D eigenvalue weighted by Crippen LogP contribution is -2.24. The van der Waals surface area contributed by atoms with Crippen molar-refractivity contribution >= 4 is 16.9 Å². The number of phenolic OH excluding ortho intramolecular Hbond substituents is 1. The van der Waals surface area contributed by atoms with Crippen molar-refractivity contribution in [1.82, 2.24) is 0 Å². The van der Waals surface area contributed by atoms with Crippen LogP contribution in [0.2, 0.25) is 0 Å². The molecule has 0 amide bonds. The van der Waals surface area contributed by atoms with Crippen molar-refractivity contribution in [3.05, 3.63) is 39.7 Å². The van der Waals surface area contributed by atoms with Crippen molar-refractivity contribution in [3.8, 4) is 5.75 Å². The molecular weight excluding hydrogens is 236 g/mol. The highest BCUT2D eigenvalue weighted by Gasteiger charge is 2.11. The summed E-state index contributed by atoms with van der Waals surface area (Å²) in [6.45, 7) is 1.72. The minimum atomic E-state index is -1.21. The van der Waals surface area contributed by atoms with Crippen LogP contribution in [0.25, 0.3) is 11.0 Å². The highest BCUT2D eigenvalue weighted by Crippen LogP contribution is 2.23. The Labute approximate surface area is 102 Å². The van der Waals surface area contributed by atoms with Crippen molar-refractivity contribution in [1.29, 1.82) is 0 Å². The molecule has 0 radical (unpaired) electrons. The molecule has 0 fully saturated rings. The van der Waals surface area contributed by atoms with Crippen molar-refractivity contribution in [2.24, 2.45) is 0 Å². The fraction of sp³-hybridized carbons (Fsp3) is 0.231. The van der Waals surface area contributed by atoms with Crippen molar-refractivity contribution < 1.29 is 19.4 Å². The molecular formula is C13H11O5-. The molecule has 2 aromatic rings. The van der Waals surface area contributed by atoms with E-state index in [2.05, 4.69) is 0 Å². The van der Waals surface area contributed by atoms with Crippen molar-refractivity contribution in [3.63, 3.8) is 0 Å². The Morgan fingerprint density at radius 1 is 1.44 bits per heavy atom. The predicted molar refractivity (Wildman–Crippen MR) is 62.2 cm³/mol. The SMILES string of the molecule is Cc1c(CCC(=O)[O-])c(=O)oc2cc(O)ccc12. The molecule has 0 spiro atoms. The Hall–Kier alpha value is -2.30. The number of aryl methyl sites for hydroxylation is 1. The number of carbonyl (C=O) groups excluding carboxylic acids is 1. The van der Waals surface area contributed by atoms with E-state index in [1.807, 2.05) is 0 Å². The van der Waals surface area contributed by atoms with Crippen LogP contribution in [-0.2, 0) is 11.2 Å². The summed E-state index contributed by atoms with van der Waals surface area (Å²) >= 11 is 0. The number of aromatic hydroxyl groups is 1. The van der Waals surface area contributed by atoms with Crippen LogP contribution >= 0.6 is 0 Å². The molecule has 0 aliphatic carbocycles. The molecule has 5 nitrogen and oxygen atoms in total. The van der Waals surface area contributed by atoms with Gasteiger partial charge >= 0.3 is 5.63 Å². The van der Waals surface area contributed by atoms with E-state index in [4.69, 9.17) is 4.42 Å². The Bertz CT molecular complexity index is 669. The summed E-state index contributed by atoms with van der Waals surface area (Å²) in [5.41, 5.74) is 0.710. The standard InChI is InChI=1S/C13H12O5/c1-7-9-3-2-8(14)6-11(9)18-13(17)10(7)4-5-12(15)16/h2-3,6,14H,4-5H2,1H3,(H,15,16)/p-1. The van der Waals surface area contributed by atoms with E-state index in [1.54, 1.807) is 13.0 Å². The molecule has 94 valence electrons. The summed E-state index contributed by atoms with van der Waals surface area (Å²) in [5.74, 6) is -1.20. The lowest BCUT2D eigenvalue weighted by molar-refractivity contribution is -0.305. The van der Waals surface area contributed by atoms with Crippen LogP contribution in [0.15, 0.2) is 27.4 Å². The molecule has 1 heterocycles. The number of fused-ring (bicyclic) bond motifs is 1. The Morgan fingerprint density at radius 3 is 2.83 bits per heavy atom. The molecule has 1 N–H and O–H groups in total. The van der Waals surface area contributed by atoms with Gasteiger partial charge in [-0.2, -0.15) is 0 Å². The molecule has 18 heavy (non-hydrogen) atoms. The van der Waals surface area contributed by atoms with Crippen LogP contribution in [0.5, 0.6) is 5.75 Å². The van der Waals surface area contributed by atoms with Gasteiger partial charge in [-0.25, -0.2) is 4.79 Å². The van der Waals surface area contributed by atoms with E-state index < -0.39 is 11.6 Å². The minimum absolute atomic E-state index is 0.00698. The number of hydrogen-bond donors (Lipinski definition) is 1. The smallest absolute Gasteiger partial charge is 0.339 e. The molecule has 0 saturated heterocycles. The lowest BCUT2D eigenvalue weighted by atomic mass is 10.0. The second kappa shape index (κ2) is 4.52. The number of benzene rings is 1. The van der Waals surface area contributed by atoms with Gasteiger partial charge in [-0.1, -0.05) is 0 Å². The van der Waals surface area contributed by atoms with E-state index in [-0.39, 0.29) is 24.2 Å². The Balaban J connectivity index is 2.58. The van der Waals surface area contributed by atoms with Crippen LogP contribution in [0.4, 0.5) is 0 Å². The minimum Gasteiger partial charge on any atom is -0.550 e. The number of carbonyl (C=O) groups is 1. The third-order valence-electron chi connectivity index (χ3n) is 2.85. The fourth-order valence-corrected chi connectivity index (χ4v) is 1.90. The molecule has 0 saturated carbocycles. The lowest BCUT2D eigenvalue weighted by Gasteiger charge is -2.08. The number of carboxylic acids is 1. The van der Waals surface area contributed by atoms with Gasteiger partial charge in [0.05, 0.1) is 0 Å². The molecule has 5 heteroatoms. The van der Waals surface area contributed by atoms with Crippen LogP contribution in [0.3, 0.4) is 0 Å². The van der Waals surface area contributed by atoms with Crippen LogP contribution in [0.1, 0.15) is 17.5 Å². The van der Waals surface area contributed by atoms with Gasteiger partial charge < -0.3 is 19.4 Å². The molecule has 0 atom stereocenters. The molecule has 0 unspecified atom stereocenters. The first kappa shape index (κ1) is 12.2. The number of carboxylic acid groups (broad SMARTS) is 1. The summed E-state index contributed by atoms with van der Waals surface area (Å²) in [6.07, 6.45) is -0.150. The number of hydrogen-bond acceptors (Lipinski definition) is 5. The molecule has 2 rings (SSSR count). The van der Waals surface area contributed by atoms with Crippen molar-refractivity contribution in [2.75, 3.05) is 0 Å². The predicted octanol–water partition coefficient (Wildman–Crippen LogP) is 0.490. The maximum Gasteiger partial charge on any atom is 0.339 e. The Kier molecular flexibility index (Phi) is 3.06. The number of rotatable bonds is 3. The van der Waals surface area contributed by atoms with Gasteiger partial charge in [-0.05, 0) is 37.5 Å². The molecule has 0 aliphatic rings. The Morgan fingerprint density at radius 2 is 2.17 bits per heavy atom. The van der Waals surface area contributed by atoms with Gasteiger partial charge in [0, 0.05) is 23.0 Å². The zero-order chi connectivity index (χ0) is 13.3. The average Bonchev–Trinajstić information content (AvgIpc) is 2.27. The van der Waals surface area contributed by atoms with Gasteiger partial charge in [0.1, 0.15) is 11.3 Å². The number of phenols is 1. The highest BCUT2D eigenvalue weighted by molar-refractivity contribution is 5.82. The highest BCUT2D eigenvalue weighted by atomic mass is 16.4. The van der Waals surface area contributed by atoms with Gasteiger partial charge in [-0.15, -0.1) is 0 Å². The first-order valence-corrected chi connectivity index (χ1v) is 5.44. The van der Waals surface area contributed by atoms with Gasteiger partial charge in [-0.3, -0.25) is 0 Å². The summed E-state index contributed by atoms with van der Waals surface area (Å²) in [6, 6.07) is 4.47. The molecule has 0 bridgehead atoms. The van der Waals surface area contributed by atoms with E-state index in [0.29, 0.717) is 16.5 Å². The third-order valence-corrected chi connectivity index (χ3v) is 2.85. The maximum absolute atomic E-state index is 11.7. The van der Waals surface area contributed by atoms with E-state index in [9.17, 15) is 19.8 Å². The normalized spacial score (nSPS) is 10.7. The fourth-order valence-electron chi connectivity index (χ4n) is 1.90. The van der Waals surface area contributed by atoms with Crippen molar-refractivity contribution in [2.45, 2.75) is 19.8 Å². The monoisotopic (exact) mass is 247 g/mol. The summed E-state index contributed by atoms with van der Waals surface area (Å²) in [4.78, 5) is 22.1. The number of aliphatic carboxylic acids is 1. The molecule has 1 aromatic heterocycles. The molecule has 0 aliphatic heterocycles. The van der Waals surface area contributed by atoms with E-state index in [0.717, 1.165) is 0 Å². The third kappa shape index (κ3) is 2.20. The zero-order valence-electron chi connectivity index (χ0n) is 9.73. The first-order valence-electron chi connectivity index (χ1n) is 5.44. The second-order valence-electron chi connectivity index (χ2n) is 4.05. The van der Waals surface area contributed by atoms with Gasteiger partial charge in [0.25, 0.3) is 0 Å². The zero-order valence-corrected chi connectivity index (χ0v) is 9.73. The topological polar surface area (TPSA) is 90.6 Å². The molecule has 1 aromatic carbocycles. The summed E-state index contributed by atoms with van der Waals surface area (Å²) in [5, 5.41) is 20.4. The largest absolute Gasteiger partial charge is 0.550 e. The van der Waals surface area contributed by atoms with E-state index >= 15 is 0 Å². The maximum atomic E-state index is 11.7. The summed E-state index contributed by atoms with van der Waals surface area (Å²) in [7, 11) is 0. The first-order chi connectivity index (χ1) is 8.49. The summed E-state index contributed by atoms with van der Waals surface area (Å²) < 4.78 is 5.06. The quantitative estimate of drug-likeness (QED) is 0.797. The van der Waals surface area contributed by atoms with Crippen LogP contribution in [0, 0.1) is 6.92 Å². The van der Waals surface area contributed by atoms with Gasteiger partial charge in [0.2, 0.25) is 0 Å². The van der Waals surface area contributed by atoms with E-state index in [1.165, 1.54) is 12.1 Å². The second-order valence-corrected chi connectivity index (χ2v) is 4.05. The van der Waals surface area contributed by atoms with Crippen LogP contribution < -0.4 is 10.7 Å². The van der Waals surface area contributed by atoms with Gasteiger partial charge in [0.15, 0.2) is 0 Å². The van der Waals surface area contributed by atoms with Crippen LogP contribution in [-0.4, -0.2) is 11.1 Å².